The number of aliphatic hydroxyl groups excluding tert-OH is 1. The Bertz CT molecular complexity index is 919. The first-order chi connectivity index (χ1) is 14.8. The van der Waals surface area contributed by atoms with E-state index >= 15 is 0 Å². The molecule has 4 rings (SSSR count). The topological polar surface area (TPSA) is 108 Å². The maximum Gasteiger partial charge on any atom is 0.250 e. The van der Waals surface area contributed by atoms with Gasteiger partial charge in [0.05, 0.1) is 34.8 Å². The van der Waals surface area contributed by atoms with Crippen molar-refractivity contribution in [3.05, 3.63) is 28.8 Å². The summed E-state index contributed by atoms with van der Waals surface area (Å²) in [7, 11) is 1.54. The van der Waals surface area contributed by atoms with Gasteiger partial charge in [-0.1, -0.05) is 30.7 Å². The second kappa shape index (κ2) is 7.76. The van der Waals surface area contributed by atoms with Crippen molar-refractivity contribution < 1.29 is 24.2 Å². The summed E-state index contributed by atoms with van der Waals surface area (Å²) in [5.74, 6) is -2.45. The van der Waals surface area contributed by atoms with Crippen LogP contribution in [0, 0.1) is 18.8 Å². The maximum atomic E-state index is 13.6. The Balaban J connectivity index is 1.77. The molecule has 3 aliphatic rings. The van der Waals surface area contributed by atoms with Gasteiger partial charge in [-0.25, -0.2) is 0 Å². The van der Waals surface area contributed by atoms with Crippen LogP contribution in [0.4, 0.5) is 5.69 Å². The molecular formula is C22H28ClN3O5. The number of aliphatic hydroxyl groups is 1. The summed E-state index contributed by atoms with van der Waals surface area (Å²) in [6, 6.07) is 4.34. The summed E-state index contributed by atoms with van der Waals surface area (Å²) in [6.07, 6.45) is 1.65. The first kappa shape index (κ1) is 22.0. The third-order valence-corrected chi connectivity index (χ3v) is 7.58. The van der Waals surface area contributed by atoms with Gasteiger partial charge in [-0.3, -0.25) is 14.4 Å². The minimum atomic E-state index is -1.11. The molecule has 0 saturated carbocycles. The van der Waals surface area contributed by atoms with Crippen molar-refractivity contribution in [2.24, 2.45) is 11.8 Å². The smallest absolute Gasteiger partial charge is 0.250 e. The molecule has 168 valence electrons. The number of β-amino-alcohol motifs (C(OH)–C–C–N with tert-alkyl or cyclic N) is 1. The SMILES string of the molecule is CC[C@]12CCC3(O1)C(C(=O)Nc1c(C)cccc1Cl)N(CCO)C(=O)[C@@H]3[C@H]2C(=O)NC. The lowest BCUT2D eigenvalue weighted by Crippen LogP contribution is -2.53. The molecule has 9 heteroatoms. The van der Waals surface area contributed by atoms with E-state index in [9.17, 15) is 19.5 Å². The Labute approximate surface area is 186 Å². The molecule has 3 saturated heterocycles. The summed E-state index contributed by atoms with van der Waals surface area (Å²) in [5.41, 5.74) is -0.618. The van der Waals surface area contributed by atoms with Crippen molar-refractivity contribution in [2.45, 2.75) is 50.4 Å². The molecule has 5 atom stereocenters. The van der Waals surface area contributed by atoms with Gasteiger partial charge in [0.2, 0.25) is 17.7 Å². The van der Waals surface area contributed by atoms with Gasteiger partial charge in [0.25, 0.3) is 0 Å². The van der Waals surface area contributed by atoms with Crippen LogP contribution >= 0.6 is 11.6 Å². The van der Waals surface area contributed by atoms with Crippen LogP contribution in [-0.4, -0.2) is 65.2 Å². The Hall–Kier alpha value is -2.16. The van der Waals surface area contributed by atoms with Crippen LogP contribution in [0.2, 0.25) is 5.02 Å². The molecule has 1 aromatic carbocycles. The van der Waals surface area contributed by atoms with Crippen LogP contribution in [-0.2, 0) is 19.1 Å². The van der Waals surface area contributed by atoms with Crippen molar-refractivity contribution in [1.29, 1.82) is 0 Å². The Morgan fingerprint density at radius 3 is 2.68 bits per heavy atom. The number of nitrogens with one attached hydrogen (secondary N) is 2. The normalized spacial score (nSPS) is 33.5. The maximum absolute atomic E-state index is 13.6. The predicted molar refractivity (Wildman–Crippen MR) is 115 cm³/mol. The van der Waals surface area contributed by atoms with Crippen LogP contribution in [0.3, 0.4) is 0 Å². The van der Waals surface area contributed by atoms with Gasteiger partial charge in [0.1, 0.15) is 11.6 Å². The fourth-order valence-corrected chi connectivity index (χ4v) is 6.17. The largest absolute Gasteiger partial charge is 0.395 e. The zero-order valence-electron chi connectivity index (χ0n) is 17.9. The van der Waals surface area contributed by atoms with E-state index in [0.29, 0.717) is 30.0 Å². The highest BCUT2D eigenvalue weighted by Gasteiger charge is 2.78. The number of halogens is 1. The molecule has 31 heavy (non-hydrogen) atoms. The summed E-state index contributed by atoms with van der Waals surface area (Å²) in [6.45, 7) is 3.46. The molecule has 3 N–H and O–H groups in total. The first-order valence-corrected chi connectivity index (χ1v) is 11.0. The van der Waals surface area contributed by atoms with E-state index in [1.54, 1.807) is 19.2 Å². The number of para-hydroxylation sites is 1. The summed E-state index contributed by atoms with van der Waals surface area (Å²) in [4.78, 5) is 41.3. The number of anilines is 1. The zero-order chi connectivity index (χ0) is 22.6. The van der Waals surface area contributed by atoms with Gasteiger partial charge in [-0.2, -0.15) is 0 Å². The molecule has 1 aromatic rings. The van der Waals surface area contributed by atoms with E-state index in [1.165, 1.54) is 4.90 Å². The number of aryl methyl sites for hydroxylation is 1. The molecule has 2 bridgehead atoms. The number of likely N-dealkylation sites (tertiary alicyclic amines) is 1. The quantitative estimate of drug-likeness (QED) is 0.609. The van der Waals surface area contributed by atoms with Gasteiger partial charge >= 0.3 is 0 Å². The van der Waals surface area contributed by atoms with Gasteiger partial charge in [0, 0.05) is 13.6 Å². The standard InChI is InChI=1S/C22H28ClN3O5/c1-4-21-8-9-22(31-21)15(14(21)18(28)24-3)20(30)26(10-11-27)17(22)19(29)25-16-12(2)6-5-7-13(16)23/h5-7,14-15,17,27H,4,8-11H2,1-3H3,(H,24,28)(H,25,29)/t14-,15-,17?,21+,22?/m0/s1. The fourth-order valence-electron chi connectivity index (χ4n) is 5.90. The van der Waals surface area contributed by atoms with Crippen LogP contribution < -0.4 is 10.6 Å². The van der Waals surface area contributed by atoms with E-state index in [2.05, 4.69) is 10.6 Å². The Kier molecular flexibility index (Phi) is 5.52. The highest BCUT2D eigenvalue weighted by Crippen LogP contribution is 2.64. The van der Waals surface area contributed by atoms with E-state index in [1.807, 2.05) is 19.9 Å². The molecule has 0 aliphatic carbocycles. The van der Waals surface area contributed by atoms with E-state index < -0.39 is 35.0 Å². The first-order valence-electron chi connectivity index (χ1n) is 10.7. The Morgan fingerprint density at radius 2 is 2.06 bits per heavy atom. The number of rotatable bonds is 6. The van der Waals surface area contributed by atoms with Gasteiger partial charge in [-0.15, -0.1) is 0 Å². The number of nitrogens with zero attached hydrogens (tertiary/aromatic N) is 1. The number of ether oxygens (including phenoxy) is 1. The highest BCUT2D eigenvalue weighted by molar-refractivity contribution is 6.34. The summed E-state index contributed by atoms with van der Waals surface area (Å²) < 4.78 is 6.54. The van der Waals surface area contributed by atoms with E-state index in [0.717, 1.165) is 5.56 Å². The van der Waals surface area contributed by atoms with Crippen molar-refractivity contribution in [3.63, 3.8) is 0 Å². The number of amides is 3. The Morgan fingerprint density at radius 1 is 1.32 bits per heavy atom. The van der Waals surface area contributed by atoms with Crippen LogP contribution in [0.5, 0.6) is 0 Å². The molecule has 0 aromatic heterocycles. The second-order valence-electron chi connectivity index (χ2n) is 8.62. The third-order valence-electron chi connectivity index (χ3n) is 7.27. The fraction of sp³-hybridized carbons (Fsp3) is 0.591. The van der Waals surface area contributed by atoms with Gasteiger partial charge in [0.15, 0.2) is 0 Å². The number of hydrogen-bond donors (Lipinski definition) is 3. The summed E-state index contributed by atoms with van der Waals surface area (Å²) >= 11 is 6.30. The number of fused-ring (bicyclic) bond motifs is 1. The van der Waals surface area contributed by atoms with Crippen molar-refractivity contribution in [1.82, 2.24) is 10.2 Å². The lowest BCUT2D eigenvalue weighted by molar-refractivity contribution is -0.146. The zero-order valence-corrected chi connectivity index (χ0v) is 18.7. The second-order valence-corrected chi connectivity index (χ2v) is 9.03. The van der Waals surface area contributed by atoms with Crippen molar-refractivity contribution >= 4 is 35.0 Å². The molecule has 0 radical (unpaired) electrons. The van der Waals surface area contributed by atoms with Crippen LogP contribution in [0.15, 0.2) is 18.2 Å². The average Bonchev–Trinajstić information content (AvgIpc) is 3.35. The number of hydrogen-bond acceptors (Lipinski definition) is 5. The van der Waals surface area contributed by atoms with Crippen molar-refractivity contribution in [2.75, 3.05) is 25.5 Å². The van der Waals surface area contributed by atoms with Gasteiger partial charge in [-0.05, 0) is 37.8 Å². The number of benzene rings is 1. The molecule has 8 nitrogen and oxygen atoms in total. The van der Waals surface area contributed by atoms with Crippen molar-refractivity contribution in [3.8, 4) is 0 Å². The number of carbonyl (C=O) groups excluding carboxylic acids is 3. The summed E-state index contributed by atoms with van der Waals surface area (Å²) in [5, 5.41) is 15.5. The molecular weight excluding hydrogens is 422 g/mol. The minimum absolute atomic E-state index is 0.0143. The average molecular weight is 450 g/mol. The lowest BCUT2D eigenvalue weighted by Gasteiger charge is -2.33. The predicted octanol–water partition coefficient (Wildman–Crippen LogP) is 1.48. The molecule has 2 unspecified atom stereocenters. The van der Waals surface area contributed by atoms with E-state index in [4.69, 9.17) is 16.3 Å². The monoisotopic (exact) mass is 449 g/mol. The number of carbonyl (C=O) groups is 3. The van der Waals surface area contributed by atoms with Crippen LogP contribution in [0.25, 0.3) is 0 Å². The molecule has 3 aliphatic heterocycles. The van der Waals surface area contributed by atoms with Crippen LogP contribution in [0.1, 0.15) is 31.7 Å². The molecule has 1 spiro atoms. The van der Waals surface area contributed by atoms with E-state index in [-0.39, 0.29) is 25.0 Å². The van der Waals surface area contributed by atoms with Gasteiger partial charge < -0.3 is 25.4 Å². The lowest BCUT2D eigenvalue weighted by atomic mass is 9.65. The third kappa shape index (κ3) is 2.99. The molecule has 3 heterocycles. The molecule has 3 amide bonds. The highest BCUT2D eigenvalue weighted by atomic mass is 35.5. The minimum Gasteiger partial charge on any atom is -0.395 e. The molecule has 3 fully saturated rings.